The largest absolute Gasteiger partial charge is 0.465 e. The lowest BCUT2D eigenvalue weighted by molar-refractivity contribution is -0.143. The van der Waals surface area contributed by atoms with Gasteiger partial charge in [0.2, 0.25) is 5.91 Å². The Morgan fingerprint density at radius 2 is 2.16 bits per heavy atom. The van der Waals surface area contributed by atoms with Crippen molar-refractivity contribution in [1.82, 2.24) is 15.3 Å². The number of amides is 1. The van der Waals surface area contributed by atoms with Gasteiger partial charge in [0.25, 0.3) is 0 Å². The minimum absolute atomic E-state index is 0.124. The summed E-state index contributed by atoms with van der Waals surface area (Å²) < 4.78 is 4.77. The number of pyridine rings is 1. The van der Waals surface area contributed by atoms with Crippen LogP contribution in [0, 0.1) is 0 Å². The van der Waals surface area contributed by atoms with Crippen molar-refractivity contribution >= 4 is 34.0 Å². The van der Waals surface area contributed by atoms with Crippen molar-refractivity contribution in [2.24, 2.45) is 0 Å². The number of aromatic nitrogens is 2. The third-order valence-electron chi connectivity index (χ3n) is 3.54. The van der Waals surface area contributed by atoms with Crippen LogP contribution in [0.4, 0.5) is 0 Å². The molecule has 6 nitrogen and oxygen atoms in total. The van der Waals surface area contributed by atoms with E-state index in [4.69, 9.17) is 4.74 Å². The number of hydrogen-bond donors (Lipinski definition) is 1. The number of ether oxygens (including phenoxy) is 1. The molecule has 0 radical (unpaired) electrons. The number of carbonyl (C=O) groups is 2. The second kappa shape index (κ2) is 7.85. The average molecular weight is 355 g/mol. The summed E-state index contributed by atoms with van der Waals surface area (Å²) in [6.45, 7) is 1.89. The van der Waals surface area contributed by atoms with E-state index in [1.54, 1.807) is 13.1 Å². The van der Waals surface area contributed by atoms with Crippen LogP contribution in [0.5, 0.6) is 0 Å². The van der Waals surface area contributed by atoms with E-state index in [-0.39, 0.29) is 18.9 Å². The van der Waals surface area contributed by atoms with Crippen LogP contribution >= 0.6 is 11.3 Å². The van der Waals surface area contributed by atoms with Crippen molar-refractivity contribution < 1.29 is 14.3 Å². The minimum atomic E-state index is -0.446. The summed E-state index contributed by atoms with van der Waals surface area (Å²) in [6, 6.07) is 7.95. The molecular weight excluding hydrogens is 338 g/mol. The molecule has 0 spiro atoms. The van der Waals surface area contributed by atoms with Gasteiger partial charge in [0.1, 0.15) is 11.6 Å². The van der Waals surface area contributed by atoms with E-state index in [1.165, 1.54) is 11.3 Å². The van der Waals surface area contributed by atoms with Crippen LogP contribution in [-0.2, 0) is 20.7 Å². The molecule has 25 heavy (non-hydrogen) atoms. The predicted octanol–water partition coefficient (Wildman–Crippen LogP) is 2.58. The molecule has 1 amide bonds. The molecule has 128 valence electrons. The van der Waals surface area contributed by atoms with Crippen LogP contribution in [0.3, 0.4) is 0 Å². The molecule has 3 rings (SSSR count). The van der Waals surface area contributed by atoms with Crippen molar-refractivity contribution in [2.75, 3.05) is 13.2 Å². The Balaban J connectivity index is 1.70. The number of nitrogens with one attached hydrogen (secondary N) is 1. The van der Waals surface area contributed by atoms with Crippen molar-refractivity contribution in [2.45, 2.75) is 13.3 Å². The zero-order chi connectivity index (χ0) is 17.6. The van der Waals surface area contributed by atoms with Gasteiger partial charge in [-0.1, -0.05) is 18.2 Å². The van der Waals surface area contributed by atoms with E-state index in [9.17, 15) is 9.59 Å². The number of carbonyl (C=O) groups excluding carboxylic acids is 2. The molecule has 0 atom stereocenters. The number of esters is 1. The van der Waals surface area contributed by atoms with Crippen molar-refractivity contribution in [1.29, 1.82) is 0 Å². The lowest BCUT2D eigenvalue weighted by Crippen LogP contribution is -2.31. The molecule has 0 aliphatic heterocycles. The van der Waals surface area contributed by atoms with Crippen LogP contribution in [0.1, 0.15) is 12.6 Å². The van der Waals surface area contributed by atoms with Gasteiger partial charge in [-0.25, -0.2) is 4.98 Å². The fourth-order valence-electron chi connectivity index (χ4n) is 2.42. The third kappa shape index (κ3) is 4.19. The van der Waals surface area contributed by atoms with E-state index in [1.807, 2.05) is 35.8 Å². The van der Waals surface area contributed by atoms with Gasteiger partial charge in [-0.2, -0.15) is 0 Å². The first-order valence-corrected chi connectivity index (χ1v) is 8.75. The normalized spacial score (nSPS) is 10.6. The lowest BCUT2D eigenvalue weighted by atomic mass is 10.1. The molecule has 0 bridgehead atoms. The van der Waals surface area contributed by atoms with E-state index >= 15 is 0 Å². The predicted molar refractivity (Wildman–Crippen MR) is 96.2 cm³/mol. The Morgan fingerprint density at radius 1 is 1.28 bits per heavy atom. The van der Waals surface area contributed by atoms with Gasteiger partial charge in [0.15, 0.2) is 0 Å². The number of rotatable bonds is 6. The lowest BCUT2D eigenvalue weighted by Gasteiger charge is -2.04. The van der Waals surface area contributed by atoms with Gasteiger partial charge in [0, 0.05) is 28.7 Å². The number of fused-ring (bicyclic) bond motifs is 1. The smallest absolute Gasteiger partial charge is 0.325 e. The van der Waals surface area contributed by atoms with Crippen molar-refractivity contribution in [3.63, 3.8) is 0 Å². The third-order valence-corrected chi connectivity index (χ3v) is 4.47. The summed E-state index contributed by atoms with van der Waals surface area (Å²) in [7, 11) is 0. The minimum Gasteiger partial charge on any atom is -0.465 e. The van der Waals surface area contributed by atoms with Gasteiger partial charge in [-0.15, -0.1) is 11.3 Å². The van der Waals surface area contributed by atoms with Crippen LogP contribution in [0.2, 0.25) is 0 Å². The number of thiazole rings is 1. The average Bonchev–Trinajstić information content (AvgIpc) is 3.08. The molecular formula is C18H17N3O3S. The Bertz CT molecular complexity index is 902. The molecule has 1 aromatic carbocycles. The Morgan fingerprint density at radius 3 is 3.00 bits per heavy atom. The van der Waals surface area contributed by atoms with Gasteiger partial charge < -0.3 is 10.1 Å². The molecule has 2 aromatic heterocycles. The zero-order valence-corrected chi connectivity index (χ0v) is 14.5. The second-order valence-electron chi connectivity index (χ2n) is 5.30. The first kappa shape index (κ1) is 17.0. The van der Waals surface area contributed by atoms with E-state index in [0.29, 0.717) is 12.3 Å². The summed E-state index contributed by atoms with van der Waals surface area (Å²) >= 11 is 1.48. The van der Waals surface area contributed by atoms with E-state index in [0.717, 1.165) is 21.3 Å². The van der Waals surface area contributed by atoms with Gasteiger partial charge >= 0.3 is 5.97 Å². The van der Waals surface area contributed by atoms with Gasteiger partial charge in [-0.05, 0) is 18.4 Å². The summed E-state index contributed by atoms with van der Waals surface area (Å²) in [5.41, 5.74) is 1.66. The summed E-state index contributed by atoms with van der Waals surface area (Å²) in [4.78, 5) is 31.9. The van der Waals surface area contributed by atoms with Gasteiger partial charge in [-0.3, -0.25) is 14.6 Å². The SMILES string of the molecule is CCOC(=O)CNC(=O)Cc1csc(-c2cccc3ccncc23)n1. The number of hydrogen-bond acceptors (Lipinski definition) is 6. The number of benzene rings is 1. The fraction of sp³-hybridized carbons (Fsp3) is 0.222. The standard InChI is InChI=1S/C18H17N3O3S/c1-2-24-17(23)10-20-16(22)8-13-11-25-18(21-13)14-5-3-4-12-6-7-19-9-15(12)14/h3-7,9,11H,2,8,10H2,1H3,(H,20,22). The zero-order valence-electron chi connectivity index (χ0n) is 13.7. The maximum atomic E-state index is 11.9. The molecule has 1 N–H and O–H groups in total. The quantitative estimate of drug-likeness (QED) is 0.687. The van der Waals surface area contributed by atoms with Crippen LogP contribution in [0.15, 0.2) is 42.0 Å². The fourth-order valence-corrected chi connectivity index (χ4v) is 3.28. The molecule has 0 fully saturated rings. The first-order chi connectivity index (χ1) is 12.2. The van der Waals surface area contributed by atoms with Crippen LogP contribution < -0.4 is 5.32 Å². The molecule has 0 aliphatic rings. The topological polar surface area (TPSA) is 81.2 Å². The maximum absolute atomic E-state index is 11.9. The molecule has 0 saturated carbocycles. The summed E-state index contributed by atoms with van der Waals surface area (Å²) in [5.74, 6) is -0.706. The Kier molecular flexibility index (Phi) is 5.35. The van der Waals surface area contributed by atoms with Gasteiger partial charge in [0.05, 0.1) is 18.7 Å². The van der Waals surface area contributed by atoms with Crippen molar-refractivity contribution in [3.05, 3.63) is 47.7 Å². The summed E-state index contributed by atoms with van der Waals surface area (Å²) in [6.07, 6.45) is 3.70. The second-order valence-corrected chi connectivity index (χ2v) is 6.16. The monoisotopic (exact) mass is 355 g/mol. The molecule has 0 saturated heterocycles. The van der Waals surface area contributed by atoms with Crippen molar-refractivity contribution in [3.8, 4) is 10.6 Å². The molecule has 0 unspecified atom stereocenters. The maximum Gasteiger partial charge on any atom is 0.325 e. The number of nitrogens with zero attached hydrogens (tertiary/aromatic N) is 2. The molecule has 0 aliphatic carbocycles. The highest BCUT2D eigenvalue weighted by molar-refractivity contribution is 7.13. The Labute approximate surface area is 148 Å². The molecule has 3 aromatic rings. The van der Waals surface area contributed by atoms with E-state index < -0.39 is 5.97 Å². The first-order valence-electron chi connectivity index (χ1n) is 7.87. The highest BCUT2D eigenvalue weighted by Crippen LogP contribution is 2.30. The Hall–Kier alpha value is -2.80. The van der Waals surface area contributed by atoms with Crippen LogP contribution in [-0.4, -0.2) is 35.0 Å². The van der Waals surface area contributed by atoms with E-state index in [2.05, 4.69) is 15.3 Å². The highest BCUT2D eigenvalue weighted by atomic mass is 32.1. The highest BCUT2D eigenvalue weighted by Gasteiger charge is 2.12. The molecule has 7 heteroatoms. The molecule has 2 heterocycles. The summed E-state index contributed by atoms with van der Waals surface area (Å²) in [5, 5.41) is 7.35. The van der Waals surface area contributed by atoms with Crippen LogP contribution in [0.25, 0.3) is 21.3 Å².